The van der Waals surface area contributed by atoms with Crippen LogP contribution in [0.4, 0.5) is 0 Å². The van der Waals surface area contributed by atoms with Crippen LogP contribution in [0.2, 0.25) is 0 Å². The summed E-state index contributed by atoms with van der Waals surface area (Å²) in [4.78, 5) is 82.2. The van der Waals surface area contributed by atoms with Crippen LogP contribution < -0.4 is 0 Å². The highest BCUT2D eigenvalue weighted by atomic mass is 16.6. The van der Waals surface area contributed by atoms with E-state index in [2.05, 4.69) is 13.8 Å². The number of unbranched alkanes of at least 4 members (excludes halogenated alkanes) is 4. The lowest BCUT2D eigenvalue weighted by atomic mass is 9.43. The molecular weight excluding hydrogens is 648 g/mol. The number of aliphatic carboxylic acids is 2. The molecule has 0 aromatic rings. The van der Waals surface area contributed by atoms with Gasteiger partial charge in [-0.05, 0) is 33.1 Å². The normalized spacial score (nSPS) is 39.5. The average Bonchev–Trinajstić information content (AvgIpc) is 4.02. The van der Waals surface area contributed by atoms with Gasteiger partial charge in [0.05, 0.1) is 12.4 Å². The van der Waals surface area contributed by atoms with Crippen molar-refractivity contribution in [2.24, 2.45) is 17.3 Å². The molecule has 2 bridgehead atoms. The van der Waals surface area contributed by atoms with Crippen molar-refractivity contribution in [2.75, 3.05) is 0 Å². The first kappa shape index (κ1) is 34.7. The summed E-state index contributed by atoms with van der Waals surface area (Å²) in [5.41, 5.74) is -4.51. The summed E-state index contributed by atoms with van der Waals surface area (Å²) >= 11 is 0. The SMILES string of the molecule is CCCCCC1O[C@H]2C3=C(C(=O)[C@]4(C/C=C(\C)C(=O)O)O[C@@H]4C3=O)[C@@H]1C1[C@H](CCCCC)OC=C3C(=O)[C@H]4O[C@@]4(C/C=C(\C)C(=O)O)C(=O)[C@@]312. The maximum Gasteiger partial charge on any atom is 0.330 e. The van der Waals surface area contributed by atoms with E-state index in [0.717, 1.165) is 38.5 Å². The van der Waals surface area contributed by atoms with Crippen molar-refractivity contribution in [1.29, 1.82) is 0 Å². The van der Waals surface area contributed by atoms with E-state index < -0.39 is 94.0 Å². The molecule has 1 spiro atoms. The molecule has 2 unspecified atom stereocenters. The second kappa shape index (κ2) is 12.2. The van der Waals surface area contributed by atoms with Gasteiger partial charge in [-0.2, -0.15) is 0 Å². The lowest BCUT2D eigenvalue weighted by Gasteiger charge is -2.63. The van der Waals surface area contributed by atoms with Crippen molar-refractivity contribution in [3.63, 3.8) is 0 Å². The van der Waals surface area contributed by atoms with Gasteiger partial charge >= 0.3 is 11.9 Å². The Labute approximate surface area is 289 Å². The number of rotatable bonds is 14. The third kappa shape index (κ3) is 4.66. The number of carboxylic acids is 2. The molecule has 12 nitrogen and oxygen atoms in total. The molecule has 0 aromatic carbocycles. The molecule has 8 rings (SSSR count). The number of ketones is 4. The first-order valence-electron chi connectivity index (χ1n) is 17.9. The van der Waals surface area contributed by atoms with Crippen molar-refractivity contribution in [2.45, 2.75) is 134 Å². The number of carbonyl (C=O) groups excluding carboxylic acids is 4. The number of fused-ring (bicyclic) bond motifs is 3. The molecule has 12 heteroatoms. The van der Waals surface area contributed by atoms with Crippen LogP contribution in [0.15, 0.2) is 46.3 Å². The molecule has 4 fully saturated rings. The van der Waals surface area contributed by atoms with E-state index in [9.17, 15) is 34.2 Å². The summed E-state index contributed by atoms with van der Waals surface area (Å²) in [6, 6.07) is 0. The summed E-state index contributed by atoms with van der Waals surface area (Å²) < 4.78 is 25.1. The summed E-state index contributed by atoms with van der Waals surface area (Å²) in [6.45, 7) is 6.96. The van der Waals surface area contributed by atoms with Crippen molar-refractivity contribution < 1.29 is 57.9 Å². The van der Waals surface area contributed by atoms with E-state index in [4.69, 9.17) is 18.9 Å². The number of carbonyl (C=O) groups is 6. The third-order valence-corrected chi connectivity index (χ3v) is 12.2. The number of Topliss-reactive ketones (excluding diaryl/α,β-unsaturated/α-hetero) is 4. The third-order valence-electron chi connectivity index (χ3n) is 12.2. The van der Waals surface area contributed by atoms with Crippen LogP contribution in [0, 0.1) is 17.3 Å². The van der Waals surface area contributed by atoms with Gasteiger partial charge in [0.1, 0.15) is 17.6 Å². The molecule has 1 saturated carbocycles. The zero-order chi connectivity index (χ0) is 35.9. The van der Waals surface area contributed by atoms with Gasteiger partial charge in [-0.1, -0.05) is 58.1 Å². The van der Waals surface area contributed by atoms with Gasteiger partial charge in [-0.3, -0.25) is 19.2 Å². The summed E-state index contributed by atoms with van der Waals surface area (Å²) in [7, 11) is 0. The quantitative estimate of drug-likeness (QED) is 0.151. The van der Waals surface area contributed by atoms with Crippen LogP contribution in [0.1, 0.15) is 91.9 Å². The second-order valence-electron chi connectivity index (χ2n) is 15.0. The number of ether oxygens (including phenoxy) is 4. The number of epoxide rings is 2. The summed E-state index contributed by atoms with van der Waals surface area (Å²) in [5, 5.41) is 19.0. The van der Waals surface area contributed by atoms with Gasteiger partial charge in [-0.25, -0.2) is 9.59 Å². The van der Waals surface area contributed by atoms with Gasteiger partial charge in [0.15, 0.2) is 46.5 Å². The Hall–Kier alpha value is -3.74. The standard InChI is InChI=1S/C38H44O12/c1-5-7-9-11-21-23-24-25(28(40)32-36(49-32,29(24)41)15-13-18(3)33(42)43)30(48-21)38-20(17-47-22(26(23)38)12-10-8-6-2)27(39)31-37(50-31,35(38)46)16-14-19(4)34(44)45/h13-14,17,21-23,26,30-32H,5-12,15-16H2,1-4H3,(H,42,43)(H,44,45)/b18-13+,19-14+/t21?,22-,23+,26?,30-,31+,32+,36-,37+,38-/m0/s1. The van der Waals surface area contributed by atoms with E-state index in [1.54, 1.807) is 0 Å². The molecule has 3 aliphatic carbocycles. The highest BCUT2D eigenvalue weighted by molar-refractivity contribution is 6.25. The van der Waals surface area contributed by atoms with Gasteiger partial charge < -0.3 is 29.2 Å². The van der Waals surface area contributed by atoms with E-state index in [-0.39, 0.29) is 40.7 Å². The highest BCUT2D eigenvalue weighted by Gasteiger charge is 2.85. The van der Waals surface area contributed by atoms with Gasteiger partial charge in [0.2, 0.25) is 0 Å². The first-order chi connectivity index (χ1) is 23.8. The second-order valence-corrected chi connectivity index (χ2v) is 15.0. The topological polar surface area (TPSA) is 186 Å². The molecule has 0 radical (unpaired) electrons. The maximum atomic E-state index is 15.4. The van der Waals surface area contributed by atoms with Crippen LogP contribution in [0.3, 0.4) is 0 Å². The monoisotopic (exact) mass is 692 g/mol. The predicted molar refractivity (Wildman–Crippen MR) is 174 cm³/mol. The highest BCUT2D eigenvalue weighted by Crippen LogP contribution is 2.70. The average molecular weight is 693 g/mol. The fraction of sp³-hybridized carbons (Fsp3) is 0.632. The van der Waals surface area contributed by atoms with Gasteiger partial charge in [-0.15, -0.1) is 0 Å². The summed E-state index contributed by atoms with van der Waals surface area (Å²) in [5.74, 6) is -5.70. The minimum atomic E-state index is -1.71. The molecule has 5 aliphatic heterocycles. The van der Waals surface area contributed by atoms with Crippen LogP contribution in [-0.4, -0.2) is 87.0 Å². The van der Waals surface area contributed by atoms with Crippen molar-refractivity contribution in [1.82, 2.24) is 0 Å². The lowest BCUT2D eigenvalue weighted by molar-refractivity contribution is -0.213. The molecule has 268 valence electrons. The van der Waals surface area contributed by atoms with Crippen LogP contribution in [0.25, 0.3) is 0 Å². The molecule has 5 heterocycles. The van der Waals surface area contributed by atoms with Gasteiger partial charge in [0.25, 0.3) is 0 Å². The Kier molecular flexibility index (Phi) is 8.46. The molecular formula is C38H44O12. The molecule has 2 N–H and O–H groups in total. The van der Waals surface area contributed by atoms with Crippen molar-refractivity contribution in [3.8, 4) is 0 Å². The molecule has 0 aromatic heterocycles. The van der Waals surface area contributed by atoms with Crippen molar-refractivity contribution in [3.05, 3.63) is 46.3 Å². The van der Waals surface area contributed by atoms with Gasteiger partial charge in [0, 0.05) is 52.5 Å². The molecule has 3 saturated heterocycles. The fourth-order valence-corrected chi connectivity index (χ4v) is 9.47. The van der Waals surface area contributed by atoms with Crippen molar-refractivity contribution >= 4 is 35.1 Å². The van der Waals surface area contributed by atoms with Crippen LogP contribution in [-0.2, 0) is 47.7 Å². The number of carboxylic acid groups (broad SMARTS) is 2. The minimum absolute atomic E-state index is 0.00135. The zero-order valence-electron chi connectivity index (χ0n) is 28.8. The Morgan fingerprint density at radius 2 is 1.32 bits per heavy atom. The molecule has 10 atom stereocenters. The fourth-order valence-electron chi connectivity index (χ4n) is 9.47. The van der Waals surface area contributed by atoms with E-state index in [0.29, 0.717) is 12.8 Å². The summed E-state index contributed by atoms with van der Waals surface area (Å²) in [6.07, 6.45) is 5.37. The lowest BCUT2D eigenvalue weighted by Crippen LogP contribution is -2.74. The number of hydrogen-bond acceptors (Lipinski definition) is 10. The number of hydrogen-bond donors (Lipinski definition) is 2. The Morgan fingerprint density at radius 1 is 0.760 bits per heavy atom. The zero-order valence-corrected chi connectivity index (χ0v) is 28.8. The molecule has 50 heavy (non-hydrogen) atoms. The molecule has 8 aliphatic rings. The Balaban J connectivity index is 1.41. The largest absolute Gasteiger partial charge is 0.497 e. The van der Waals surface area contributed by atoms with E-state index in [1.807, 2.05) is 0 Å². The Bertz CT molecular complexity index is 1710. The Morgan fingerprint density at radius 3 is 1.92 bits per heavy atom. The van der Waals surface area contributed by atoms with E-state index >= 15 is 4.79 Å². The maximum absolute atomic E-state index is 15.4. The van der Waals surface area contributed by atoms with Crippen LogP contribution in [0.5, 0.6) is 0 Å². The van der Waals surface area contributed by atoms with E-state index in [1.165, 1.54) is 32.3 Å². The minimum Gasteiger partial charge on any atom is -0.497 e. The smallest absolute Gasteiger partial charge is 0.330 e. The predicted octanol–water partition coefficient (Wildman–Crippen LogP) is 4.15. The molecule has 0 amide bonds. The van der Waals surface area contributed by atoms with Crippen LogP contribution >= 0.6 is 0 Å². The first-order valence-corrected chi connectivity index (χ1v) is 17.9.